The molecule has 0 aromatic carbocycles. The molecule has 0 aromatic rings. The van der Waals surface area contributed by atoms with Crippen LogP contribution in [-0.4, -0.2) is 11.8 Å². The van der Waals surface area contributed by atoms with Crippen LogP contribution in [0.2, 0.25) is 0 Å². The van der Waals surface area contributed by atoms with Crippen LogP contribution in [0.4, 0.5) is 0 Å². The van der Waals surface area contributed by atoms with Crippen molar-refractivity contribution in [3.63, 3.8) is 0 Å². The summed E-state index contributed by atoms with van der Waals surface area (Å²) in [5.41, 5.74) is -0.786. The van der Waals surface area contributed by atoms with Crippen LogP contribution in [0.5, 0.6) is 0 Å². The zero-order valence-corrected chi connectivity index (χ0v) is 7.42. The van der Waals surface area contributed by atoms with Gasteiger partial charge in [0.2, 0.25) is 0 Å². The van der Waals surface area contributed by atoms with Crippen molar-refractivity contribution >= 4 is 11.8 Å². The first kappa shape index (κ1) is 9.23. The van der Waals surface area contributed by atoms with Crippen LogP contribution in [-0.2, 0) is 9.59 Å². The van der Waals surface area contributed by atoms with Crippen LogP contribution in [0.3, 0.4) is 0 Å². The van der Waals surface area contributed by atoms with E-state index in [1.165, 1.54) is 0 Å². The summed E-state index contributed by atoms with van der Waals surface area (Å²) in [5.74, 6) is -0.513. The molecule has 0 atom stereocenters. The fraction of sp³-hybridized carbons (Fsp3) is 0.778. The van der Waals surface area contributed by atoms with E-state index >= 15 is 0 Å². The molecule has 0 heterocycles. The minimum Gasteiger partial charge on any atom is -0.550 e. The molecule has 12 heavy (non-hydrogen) atoms. The van der Waals surface area contributed by atoms with Gasteiger partial charge in [-0.3, -0.25) is 4.79 Å². The Labute approximate surface area is 71.8 Å². The quantitative estimate of drug-likeness (QED) is 0.603. The number of ketones is 1. The number of aliphatic carboxylic acids is 1. The molecule has 0 bridgehead atoms. The lowest BCUT2D eigenvalue weighted by Crippen LogP contribution is -2.41. The number of rotatable bonds is 3. The molecule has 1 aliphatic rings. The lowest BCUT2D eigenvalue weighted by Gasteiger charge is -2.34. The predicted molar refractivity (Wildman–Crippen MR) is 41.1 cm³/mol. The van der Waals surface area contributed by atoms with Crippen molar-refractivity contribution in [3.05, 3.63) is 0 Å². The van der Waals surface area contributed by atoms with Crippen molar-refractivity contribution in [3.8, 4) is 0 Å². The molecule has 0 unspecified atom stereocenters. The monoisotopic (exact) mass is 169 g/mol. The van der Waals surface area contributed by atoms with Gasteiger partial charge in [-0.1, -0.05) is 13.8 Å². The van der Waals surface area contributed by atoms with Gasteiger partial charge in [0.15, 0.2) is 0 Å². The average molecular weight is 169 g/mol. The summed E-state index contributed by atoms with van der Waals surface area (Å²) in [7, 11) is 0. The summed E-state index contributed by atoms with van der Waals surface area (Å²) in [5, 5.41) is 10.6. The van der Waals surface area contributed by atoms with E-state index in [1.54, 1.807) is 13.8 Å². The van der Waals surface area contributed by atoms with Gasteiger partial charge in [0.05, 0.1) is 0 Å². The molecule has 3 nitrogen and oxygen atoms in total. The normalized spacial score (nSPS) is 19.0. The molecule has 1 aliphatic carbocycles. The van der Waals surface area contributed by atoms with E-state index < -0.39 is 11.4 Å². The lowest BCUT2D eigenvalue weighted by molar-refractivity contribution is -0.318. The van der Waals surface area contributed by atoms with Crippen molar-refractivity contribution in [1.29, 1.82) is 0 Å². The number of carboxylic acids is 1. The Hall–Kier alpha value is -0.860. The van der Waals surface area contributed by atoms with Crippen LogP contribution < -0.4 is 5.11 Å². The maximum Gasteiger partial charge on any atom is 0.133 e. The topological polar surface area (TPSA) is 57.2 Å². The number of carbonyl (C=O) groups excluding carboxylic acids is 2. The largest absolute Gasteiger partial charge is 0.550 e. The van der Waals surface area contributed by atoms with Crippen LogP contribution in [0.15, 0.2) is 0 Å². The van der Waals surface area contributed by atoms with Crippen molar-refractivity contribution in [2.24, 2.45) is 11.3 Å². The van der Waals surface area contributed by atoms with Crippen LogP contribution in [0.1, 0.15) is 33.1 Å². The second-order valence-electron chi connectivity index (χ2n) is 4.19. The third kappa shape index (κ3) is 1.84. The highest BCUT2D eigenvalue weighted by atomic mass is 16.4. The van der Waals surface area contributed by atoms with E-state index in [9.17, 15) is 14.7 Å². The van der Waals surface area contributed by atoms with E-state index in [4.69, 9.17) is 0 Å². The summed E-state index contributed by atoms with van der Waals surface area (Å²) in [6.45, 7) is 3.29. The molecule has 0 amide bonds. The molecule has 0 aromatic heterocycles. The van der Waals surface area contributed by atoms with Crippen molar-refractivity contribution in [2.45, 2.75) is 33.1 Å². The summed E-state index contributed by atoms with van der Waals surface area (Å²) >= 11 is 0. The van der Waals surface area contributed by atoms with E-state index in [2.05, 4.69) is 0 Å². The van der Waals surface area contributed by atoms with Gasteiger partial charge in [0.25, 0.3) is 0 Å². The highest BCUT2D eigenvalue weighted by molar-refractivity contribution is 5.84. The molecule has 1 saturated carbocycles. The second-order valence-corrected chi connectivity index (χ2v) is 4.19. The third-order valence-electron chi connectivity index (χ3n) is 2.38. The second kappa shape index (κ2) is 2.88. The summed E-state index contributed by atoms with van der Waals surface area (Å²) in [6.07, 6.45) is 1.66. The maximum absolute atomic E-state index is 10.6. The van der Waals surface area contributed by atoms with Crippen LogP contribution >= 0.6 is 0 Å². The lowest BCUT2D eigenvalue weighted by atomic mass is 9.73. The predicted octanol–water partition coefficient (Wildman–Crippen LogP) is 0.132. The minimum absolute atomic E-state index is 0.245. The van der Waals surface area contributed by atoms with Gasteiger partial charge in [-0.2, -0.15) is 0 Å². The molecule has 0 saturated heterocycles. The smallest absolute Gasteiger partial charge is 0.133 e. The molecule has 1 rings (SSSR count). The van der Waals surface area contributed by atoms with E-state index in [0.717, 1.165) is 0 Å². The van der Waals surface area contributed by atoms with Gasteiger partial charge < -0.3 is 9.90 Å². The van der Waals surface area contributed by atoms with Crippen molar-refractivity contribution in [1.82, 2.24) is 0 Å². The zero-order chi connectivity index (χ0) is 9.35. The Morgan fingerprint density at radius 2 is 2.08 bits per heavy atom. The number of carbonyl (C=O) groups is 2. The zero-order valence-electron chi connectivity index (χ0n) is 7.42. The standard InChI is InChI=1S/C9H14O3/c1-9(2,8(11)12)5-6-3-7(10)4-6/h6H,3-5H2,1-2H3,(H,11,12)/p-1. The molecule has 1 fully saturated rings. The number of carboxylic acid groups (broad SMARTS) is 1. The Balaban J connectivity index is 2.40. The van der Waals surface area contributed by atoms with Gasteiger partial charge >= 0.3 is 0 Å². The number of hydrogen-bond acceptors (Lipinski definition) is 3. The molecular weight excluding hydrogens is 156 g/mol. The fourth-order valence-electron chi connectivity index (χ4n) is 1.53. The number of hydrogen-bond donors (Lipinski definition) is 0. The SMILES string of the molecule is CC(C)(CC1CC(=O)C1)C(=O)[O-]. The maximum atomic E-state index is 10.6. The van der Waals surface area contributed by atoms with Gasteiger partial charge in [0.1, 0.15) is 5.78 Å². The first-order chi connectivity index (χ1) is 5.42. The molecular formula is C9H13O3-. The molecule has 0 radical (unpaired) electrons. The summed E-state index contributed by atoms with van der Waals surface area (Å²) in [4.78, 5) is 21.2. The molecule has 3 heteroatoms. The van der Waals surface area contributed by atoms with Gasteiger partial charge in [-0.25, -0.2) is 0 Å². The highest BCUT2D eigenvalue weighted by Crippen LogP contribution is 2.34. The Morgan fingerprint density at radius 3 is 2.42 bits per heavy atom. The summed E-state index contributed by atoms with van der Waals surface area (Å²) < 4.78 is 0. The minimum atomic E-state index is -1.03. The average Bonchev–Trinajstić information content (AvgIpc) is 1.83. The first-order valence-corrected chi connectivity index (χ1v) is 4.15. The Morgan fingerprint density at radius 1 is 1.58 bits per heavy atom. The van der Waals surface area contributed by atoms with E-state index in [-0.39, 0.29) is 11.7 Å². The fourth-order valence-corrected chi connectivity index (χ4v) is 1.53. The highest BCUT2D eigenvalue weighted by Gasteiger charge is 2.32. The molecule has 0 spiro atoms. The Kier molecular flexibility index (Phi) is 2.22. The van der Waals surface area contributed by atoms with E-state index in [0.29, 0.717) is 19.3 Å². The summed E-state index contributed by atoms with van der Waals surface area (Å²) in [6, 6.07) is 0. The van der Waals surface area contributed by atoms with E-state index in [1.807, 2.05) is 0 Å². The third-order valence-corrected chi connectivity index (χ3v) is 2.38. The first-order valence-electron chi connectivity index (χ1n) is 4.15. The Bertz CT molecular complexity index is 210. The van der Waals surface area contributed by atoms with Crippen LogP contribution in [0, 0.1) is 11.3 Å². The van der Waals surface area contributed by atoms with Gasteiger partial charge in [-0.05, 0) is 12.3 Å². The van der Waals surface area contributed by atoms with Gasteiger partial charge in [0, 0.05) is 24.2 Å². The van der Waals surface area contributed by atoms with Crippen molar-refractivity contribution < 1.29 is 14.7 Å². The number of Topliss-reactive ketones (excluding diaryl/α,β-unsaturated/α-hetero) is 1. The molecule has 0 aliphatic heterocycles. The van der Waals surface area contributed by atoms with Crippen molar-refractivity contribution in [2.75, 3.05) is 0 Å². The van der Waals surface area contributed by atoms with Gasteiger partial charge in [-0.15, -0.1) is 0 Å². The van der Waals surface area contributed by atoms with Crippen LogP contribution in [0.25, 0.3) is 0 Å². The molecule has 68 valence electrons. The molecule has 0 N–H and O–H groups in total.